The van der Waals surface area contributed by atoms with Gasteiger partial charge < -0.3 is 15.4 Å². The molecule has 2 aromatic carbocycles. The first kappa shape index (κ1) is 15.5. The predicted octanol–water partition coefficient (Wildman–Crippen LogP) is 2.38. The Morgan fingerprint density at radius 1 is 1.17 bits per heavy atom. The van der Waals surface area contributed by atoms with Gasteiger partial charge in [0, 0.05) is 13.1 Å². The second-order valence-electron chi connectivity index (χ2n) is 5.58. The molecule has 1 aliphatic rings. The lowest BCUT2D eigenvalue weighted by Gasteiger charge is -2.11. The minimum atomic E-state index is -0.261. The van der Waals surface area contributed by atoms with Crippen molar-refractivity contribution in [1.82, 2.24) is 10.6 Å². The monoisotopic (exact) mass is 314 g/mol. The van der Waals surface area contributed by atoms with Gasteiger partial charge in [-0.1, -0.05) is 24.3 Å². The molecule has 120 valence electrons. The summed E-state index contributed by atoms with van der Waals surface area (Å²) in [4.78, 5) is 11.5. The van der Waals surface area contributed by atoms with Crippen LogP contribution in [0.2, 0.25) is 0 Å². The van der Waals surface area contributed by atoms with Crippen LogP contribution >= 0.6 is 0 Å². The van der Waals surface area contributed by atoms with E-state index in [1.54, 1.807) is 6.07 Å². The molecule has 0 aliphatic carbocycles. The SMILES string of the molecule is O=C1NCC[C@@H]1NCc1ccc(OCc2cccc(F)c2)cc1. The van der Waals surface area contributed by atoms with Crippen LogP contribution in [0.15, 0.2) is 48.5 Å². The number of halogens is 1. The molecule has 0 spiro atoms. The maximum absolute atomic E-state index is 13.1. The van der Waals surface area contributed by atoms with Gasteiger partial charge in [-0.15, -0.1) is 0 Å². The maximum Gasteiger partial charge on any atom is 0.237 e. The Balaban J connectivity index is 1.49. The van der Waals surface area contributed by atoms with Crippen LogP contribution < -0.4 is 15.4 Å². The fourth-order valence-electron chi connectivity index (χ4n) is 2.53. The van der Waals surface area contributed by atoms with E-state index in [9.17, 15) is 9.18 Å². The summed E-state index contributed by atoms with van der Waals surface area (Å²) in [5.41, 5.74) is 1.88. The van der Waals surface area contributed by atoms with Gasteiger partial charge in [0.05, 0.1) is 6.04 Å². The molecular formula is C18H19FN2O2. The van der Waals surface area contributed by atoms with Crippen molar-refractivity contribution < 1.29 is 13.9 Å². The third-order valence-corrected chi connectivity index (χ3v) is 3.82. The summed E-state index contributed by atoms with van der Waals surface area (Å²) in [5.74, 6) is 0.542. The fraction of sp³-hybridized carbons (Fsp3) is 0.278. The second kappa shape index (κ2) is 7.24. The van der Waals surface area contributed by atoms with Gasteiger partial charge in [0.1, 0.15) is 18.2 Å². The first-order valence-corrected chi connectivity index (χ1v) is 7.68. The summed E-state index contributed by atoms with van der Waals surface area (Å²) < 4.78 is 18.7. The Morgan fingerprint density at radius 3 is 2.70 bits per heavy atom. The molecule has 5 heteroatoms. The van der Waals surface area contributed by atoms with E-state index in [-0.39, 0.29) is 17.8 Å². The molecule has 0 unspecified atom stereocenters. The Hall–Kier alpha value is -2.40. The van der Waals surface area contributed by atoms with Crippen molar-refractivity contribution in [2.75, 3.05) is 6.54 Å². The van der Waals surface area contributed by atoms with Crippen LogP contribution in [-0.4, -0.2) is 18.5 Å². The number of amides is 1. The average Bonchev–Trinajstić information content (AvgIpc) is 2.97. The van der Waals surface area contributed by atoms with Crippen molar-refractivity contribution in [3.05, 3.63) is 65.5 Å². The van der Waals surface area contributed by atoms with Crippen molar-refractivity contribution in [3.8, 4) is 5.75 Å². The Kier molecular flexibility index (Phi) is 4.88. The molecule has 0 radical (unpaired) electrons. The average molecular weight is 314 g/mol. The molecule has 2 aromatic rings. The summed E-state index contributed by atoms with van der Waals surface area (Å²) in [6.07, 6.45) is 0.827. The second-order valence-corrected chi connectivity index (χ2v) is 5.58. The van der Waals surface area contributed by atoms with Crippen molar-refractivity contribution in [1.29, 1.82) is 0 Å². The van der Waals surface area contributed by atoms with Gasteiger partial charge in [-0.05, 0) is 41.8 Å². The number of rotatable bonds is 6. The molecule has 1 fully saturated rings. The number of carbonyl (C=O) groups excluding carboxylic acids is 1. The molecule has 4 nitrogen and oxygen atoms in total. The third kappa shape index (κ3) is 4.29. The molecule has 1 saturated heterocycles. The summed E-state index contributed by atoms with van der Waals surface area (Å²) in [7, 11) is 0. The molecule has 0 bridgehead atoms. The van der Waals surface area contributed by atoms with Crippen LogP contribution in [0.1, 0.15) is 17.5 Å². The third-order valence-electron chi connectivity index (χ3n) is 3.82. The molecule has 23 heavy (non-hydrogen) atoms. The van der Waals surface area contributed by atoms with E-state index in [0.29, 0.717) is 13.2 Å². The van der Waals surface area contributed by atoms with Gasteiger partial charge in [0.15, 0.2) is 0 Å². The number of carbonyl (C=O) groups is 1. The molecular weight excluding hydrogens is 295 g/mol. The molecule has 1 heterocycles. The van der Waals surface area contributed by atoms with Crippen LogP contribution in [0.5, 0.6) is 5.75 Å². The summed E-state index contributed by atoms with van der Waals surface area (Å²) in [6, 6.07) is 14.0. The fourth-order valence-corrected chi connectivity index (χ4v) is 2.53. The van der Waals surface area contributed by atoms with E-state index in [0.717, 1.165) is 29.8 Å². The van der Waals surface area contributed by atoms with E-state index in [2.05, 4.69) is 10.6 Å². The zero-order valence-electron chi connectivity index (χ0n) is 12.7. The lowest BCUT2D eigenvalue weighted by Crippen LogP contribution is -2.35. The molecule has 0 aromatic heterocycles. The summed E-state index contributed by atoms with van der Waals surface area (Å²) in [5, 5.41) is 6.04. The minimum Gasteiger partial charge on any atom is -0.489 e. The normalized spacial score (nSPS) is 17.1. The van der Waals surface area contributed by atoms with Crippen molar-refractivity contribution in [3.63, 3.8) is 0 Å². The zero-order valence-corrected chi connectivity index (χ0v) is 12.7. The van der Waals surface area contributed by atoms with Crippen molar-refractivity contribution in [2.24, 2.45) is 0 Å². The first-order valence-electron chi connectivity index (χ1n) is 7.68. The van der Waals surface area contributed by atoms with Gasteiger partial charge in [0.2, 0.25) is 5.91 Å². The molecule has 0 saturated carbocycles. The highest BCUT2D eigenvalue weighted by atomic mass is 19.1. The lowest BCUT2D eigenvalue weighted by molar-refractivity contribution is -0.120. The summed E-state index contributed by atoms with van der Waals surface area (Å²) >= 11 is 0. The lowest BCUT2D eigenvalue weighted by atomic mass is 10.2. The maximum atomic E-state index is 13.1. The number of ether oxygens (including phenoxy) is 1. The van der Waals surface area contributed by atoms with Crippen LogP contribution in [-0.2, 0) is 17.9 Å². The highest BCUT2D eigenvalue weighted by molar-refractivity contribution is 5.83. The standard InChI is InChI=1S/C18H19FN2O2/c19-15-3-1-2-14(10-15)12-23-16-6-4-13(5-7-16)11-21-17-8-9-20-18(17)22/h1-7,10,17,21H,8-9,11-12H2,(H,20,22)/t17-/m0/s1. The van der Waals surface area contributed by atoms with Gasteiger partial charge in [-0.2, -0.15) is 0 Å². The van der Waals surface area contributed by atoms with Gasteiger partial charge in [-0.25, -0.2) is 4.39 Å². The number of benzene rings is 2. The first-order chi connectivity index (χ1) is 11.2. The van der Waals surface area contributed by atoms with E-state index in [1.807, 2.05) is 30.3 Å². The van der Waals surface area contributed by atoms with E-state index >= 15 is 0 Å². The molecule has 1 aliphatic heterocycles. The minimum absolute atomic E-state index is 0.0695. The van der Waals surface area contributed by atoms with Crippen LogP contribution in [0.25, 0.3) is 0 Å². The summed E-state index contributed by atoms with van der Waals surface area (Å²) in [6.45, 7) is 1.71. The predicted molar refractivity (Wildman–Crippen MR) is 85.4 cm³/mol. The Morgan fingerprint density at radius 2 is 2.00 bits per heavy atom. The van der Waals surface area contributed by atoms with Crippen LogP contribution in [0.3, 0.4) is 0 Å². The number of hydrogen-bond acceptors (Lipinski definition) is 3. The number of hydrogen-bond donors (Lipinski definition) is 2. The van der Waals surface area contributed by atoms with E-state index in [1.165, 1.54) is 12.1 Å². The quantitative estimate of drug-likeness (QED) is 0.861. The van der Waals surface area contributed by atoms with Crippen molar-refractivity contribution >= 4 is 5.91 Å². The van der Waals surface area contributed by atoms with Crippen LogP contribution in [0, 0.1) is 5.82 Å². The highest BCUT2D eigenvalue weighted by Crippen LogP contribution is 2.15. The molecule has 1 atom stereocenters. The molecule has 1 amide bonds. The van der Waals surface area contributed by atoms with Crippen LogP contribution in [0.4, 0.5) is 4.39 Å². The molecule has 3 rings (SSSR count). The van der Waals surface area contributed by atoms with Crippen molar-refractivity contribution in [2.45, 2.75) is 25.6 Å². The Bertz CT molecular complexity index is 673. The van der Waals surface area contributed by atoms with E-state index < -0.39 is 0 Å². The smallest absolute Gasteiger partial charge is 0.237 e. The van der Waals surface area contributed by atoms with Gasteiger partial charge in [0.25, 0.3) is 0 Å². The van der Waals surface area contributed by atoms with E-state index in [4.69, 9.17) is 4.74 Å². The highest BCUT2D eigenvalue weighted by Gasteiger charge is 2.22. The number of nitrogens with one attached hydrogen (secondary N) is 2. The Labute approximate surface area is 134 Å². The topological polar surface area (TPSA) is 50.4 Å². The zero-order chi connectivity index (χ0) is 16.1. The molecule has 2 N–H and O–H groups in total. The largest absolute Gasteiger partial charge is 0.489 e. The van der Waals surface area contributed by atoms with Gasteiger partial charge in [-0.3, -0.25) is 4.79 Å². The van der Waals surface area contributed by atoms with Gasteiger partial charge >= 0.3 is 0 Å².